The number of hydrogen-bond acceptors (Lipinski definition) is 6. The summed E-state index contributed by atoms with van der Waals surface area (Å²) < 4.78 is 16.2. The topological polar surface area (TPSA) is 111 Å². The smallest absolute Gasteiger partial charge is 0.337 e. The van der Waals surface area contributed by atoms with E-state index in [9.17, 15) is 15.0 Å². The molecule has 3 aromatic rings. The van der Waals surface area contributed by atoms with Gasteiger partial charge in [-0.05, 0) is 30.0 Å². The maximum Gasteiger partial charge on any atom is 0.337 e. The summed E-state index contributed by atoms with van der Waals surface area (Å²) in [7, 11) is 1.52. The molecule has 0 bridgehead atoms. The summed E-state index contributed by atoms with van der Waals surface area (Å²) >= 11 is 0. The van der Waals surface area contributed by atoms with Gasteiger partial charge < -0.3 is 30.2 Å². The Balaban J connectivity index is 0.000000355. The van der Waals surface area contributed by atoms with E-state index in [1.54, 1.807) is 24.3 Å². The second kappa shape index (κ2) is 16.5. The van der Waals surface area contributed by atoms with Crippen molar-refractivity contribution in [3.63, 3.8) is 0 Å². The summed E-state index contributed by atoms with van der Waals surface area (Å²) in [6.07, 6.45) is -0.305. The van der Waals surface area contributed by atoms with Gasteiger partial charge in [-0.3, -0.25) is 0 Å². The normalized spacial score (nSPS) is 15.4. The zero-order valence-electron chi connectivity index (χ0n) is 19.8. The first-order valence-electron chi connectivity index (χ1n) is 11.6. The van der Waals surface area contributed by atoms with Crippen molar-refractivity contribution in [2.75, 3.05) is 20.3 Å². The summed E-state index contributed by atoms with van der Waals surface area (Å²) in [5.74, 6) is -0.474. The lowest BCUT2D eigenvalue weighted by Crippen LogP contribution is -2.28. The van der Waals surface area contributed by atoms with Crippen LogP contribution in [-0.2, 0) is 14.3 Å². The van der Waals surface area contributed by atoms with Crippen LogP contribution < -0.4 is 10.5 Å². The van der Waals surface area contributed by atoms with Gasteiger partial charge in [0.15, 0.2) is 6.10 Å². The predicted molar refractivity (Wildman–Crippen MR) is 147 cm³/mol. The van der Waals surface area contributed by atoms with Crippen LogP contribution in [0.1, 0.15) is 62.6 Å². The molecule has 0 saturated carbocycles. The zero-order valence-corrected chi connectivity index (χ0v) is 19.8. The molecule has 4 N–H and O–H groups in total. The molecule has 202 valence electrons. The Labute approximate surface area is 220 Å². The molecule has 1 unspecified atom stereocenters. The summed E-state index contributed by atoms with van der Waals surface area (Å²) in [6, 6.07) is 25.8. The van der Waals surface area contributed by atoms with Crippen LogP contribution in [0.15, 0.2) is 84.9 Å². The second-order valence-electron chi connectivity index (χ2n) is 8.20. The van der Waals surface area contributed by atoms with E-state index < -0.39 is 18.2 Å². The molecule has 1 saturated heterocycles. The van der Waals surface area contributed by atoms with E-state index >= 15 is 0 Å². The minimum atomic E-state index is -1.00. The molecule has 4 rings (SSSR count). The Kier molecular flexibility index (Phi) is 14.2. The Morgan fingerprint density at radius 3 is 1.95 bits per heavy atom. The molecule has 0 radical (unpaired) electrons. The second-order valence-corrected chi connectivity index (χ2v) is 8.20. The van der Waals surface area contributed by atoms with Gasteiger partial charge in [-0.1, -0.05) is 93.7 Å². The molecule has 3 aromatic carbocycles. The van der Waals surface area contributed by atoms with Crippen molar-refractivity contribution >= 4 is 5.97 Å². The lowest BCUT2D eigenvalue weighted by Gasteiger charge is -2.26. The van der Waals surface area contributed by atoms with Crippen molar-refractivity contribution in [2.24, 2.45) is 5.73 Å². The largest absolute Gasteiger partial charge is 0.496 e. The van der Waals surface area contributed by atoms with Crippen LogP contribution in [0.4, 0.5) is 0 Å². The number of carbonyl (C=O) groups is 1. The lowest BCUT2D eigenvalue weighted by molar-refractivity contribution is -0.158. The number of ether oxygens (including phenoxy) is 3. The molecular weight excluding hydrogens is 470 g/mol. The molecule has 0 aliphatic carbocycles. The molecule has 3 atom stereocenters. The number of benzene rings is 3. The molecule has 0 spiro atoms. The van der Waals surface area contributed by atoms with Gasteiger partial charge >= 0.3 is 5.97 Å². The average molecular weight is 512 g/mol. The molecule has 37 heavy (non-hydrogen) atoms. The number of methoxy groups -OCH3 is 1. The number of carboxylic acids is 1. The van der Waals surface area contributed by atoms with E-state index in [-0.39, 0.29) is 27.0 Å². The average Bonchev–Trinajstić information content (AvgIpc) is 2.92. The van der Waals surface area contributed by atoms with Crippen LogP contribution in [-0.4, -0.2) is 42.6 Å². The Hall–Kier alpha value is -3.23. The fraction of sp³-hybridized carbons (Fsp3) is 0.367. The lowest BCUT2D eigenvalue weighted by atomic mass is 9.97. The first-order chi connectivity index (χ1) is 17.0. The van der Waals surface area contributed by atoms with Gasteiger partial charge in [-0.15, -0.1) is 0 Å². The maximum absolute atomic E-state index is 11.4. The Morgan fingerprint density at radius 2 is 1.41 bits per heavy atom. The number of hydrogen-bond donors (Lipinski definition) is 3. The van der Waals surface area contributed by atoms with Gasteiger partial charge in [-0.25, -0.2) is 4.79 Å². The van der Waals surface area contributed by atoms with E-state index in [2.05, 4.69) is 0 Å². The first kappa shape index (κ1) is 31.8. The van der Waals surface area contributed by atoms with Crippen LogP contribution in [0.25, 0.3) is 0 Å². The van der Waals surface area contributed by atoms with Crippen LogP contribution >= 0.6 is 0 Å². The number of aliphatic hydroxyl groups excluding tert-OH is 1. The highest BCUT2D eigenvalue weighted by Gasteiger charge is 2.28. The van der Waals surface area contributed by atoms with Gasteiger partial charge in [-0.2, -0.15) is 0 Å². The summed E-state index contributed by atoms with van der Waals surface area (Å²) in [4.78, 5) is 11.4. The molecule has 7 nitrogen and oxygen atoms in total. The van der Waals surface area contributed by atoms with E-state index in [0.29, 0.717) is 24.5 Å². The molecule has 1 fully saturated rings. The minimum absolute atomic E-state index is 0. The van der Waals surface area contributed by atoms with Crippen molar-refractivity contribution in [3.05, 3.63) is 102 Å². The third kappa shape index (κ3) is 9.30. The summed E-state index contributed by atoms with van der Waals surface area (Å²) in [5, 5.41) is 19.5. The SMILES string of the molecule is C.C.COc1ccccc1C(OC1CCOCC1)C(=O)O.N[C@@H](c1ccccc1)[C@H](O)c1ccccc1. The number of rotatable bonds is 8. The van der Waals surface area contributed by atoms with Crippen molar-refractivity contribution < 1.29 is 29.2 Å². The predicted octanol–water partition coefficient (Wildman–Crippen LogP) is 5.71. The highest BCUT2D eigenvalue weighted by atomic mass is 16.5. The monoisotopic (exact) mass is 511 g/mol. The summed E-state index contributed by atoms with van der Waals surface area (Å²) in [5.41, 5.74) is 8.36. The van der Waals surface area contributed by atoms with E-state index in [4.69, 9.17) is 19.9 Å². The van der Waals surface area contributed by atoms with Crippen molar-refractivity contribution in [3.8, 4) is 5.75 Å². The summed E-state index contributed by atoms with van der Waals surface area (Å²) in [6.45, 7) is 1.23. The van der Waals surface area contributed by atoms with Gasteiger partial charge in [0.2, 0.25) is 0 Å². The molecule has 0 aromatic heterocycles. The van der Waals surface area contributed by atoms with Crippen LogP contribution in [0.2, 0.25) is 0 Å². The Morgan fingerprint density at radius 1 is 0.892 bits per heavy atom. The van der Waals surface area contributed by atoms with Crippen molar-refractivity contribution in [2.45, 2.75) is 52.0 Å². The van der Waals surface area contributed by atoms with Gasteiger partial charge in [0.25, 0.3) is 0 Å². The van der Waals surface area contributed by atoms with Gasteiger partial charge in [0.05, 0.1) is 25.4 Å². The van der Waals surface area contributed by atoms with Crippen molar-refractivity contribution in [1.82, 2.24) is 0 Å². The van der Waals surface area contributed by atoms with Gasteiger partial charge in [0.1, 0.15) is 5.75 Å². The fourth-order valence-corrected chi connectivity index (χ4v) is 3.87. The first-order valence-corrected chi connectivity index (χ1v) is 11.6. The number of nitrogens with two attached hydrogens (primary N) is 1. The quantitative estimate of drug-likeness (QED) is 0.355. The van der Waals surface area contributed by atoms with Crippen LogP contribution in [0.5, 0.6) is 5.75 Å². The minimum Gasteiger partial charge on any atom is -0.496 e. The number of para-hydroxylation sites is 1. The fourth-order valence-electron chi connectivity index (χ4n) is 3.87. The molecule has 0 amide bonds. The van der Waals surface area contributed by atoms with Crippen LogP contribution in [0.3, 0.4) is 0 Å². The molecule has 1 aliphatic rings. The molecule has 1 heterocycles. The zero-order chi connectivity index (χ0) is 25.0. The molecular formula is C30H41NO6. The number of aliphatic hydroxyl groups is 1. The molecule has 1 aliphatic heterocycles. The standard InChI is InChI=1S/C14H15NO.C14H18O5.2CH4/c15-13(11-7-3-1-4-8-11)14(16)12-9-5-2-6-10-12;1-17-12-5-3-2-4-11(12)13(14(15)16)19-10-6-8-18-9-7-10;;/h1-10,13-14,16H,15H2;2-5,10,13H,6-9H2,1H3,(H,15,16);2*1H4/t13-,14+;;;/m0.../s1. The third-order valence-corrected chi connectivity index (χ3v) is 5.81. The molecule has 7 heteroatoms. The van der Waals surface area contributed by atoms with Gasteiger partial charge in [0, 0.05) is 18.8 Å². The highest BCUT2D eigenvalue weighted by molar-refractivity contribution is 5.75. The van der Waals surface area contributed by atoms with Crippen LogP contribution in [0, 0.1) is 0 Å². The third-order valence-electron chi connectivity index (χ3n) is 5.81. The van der Waals surface area contributed by atoms with E-state index in [1.165, 1.54) is 7.11 Å². The highest BCUT2D eigenvalue weighted by Crippen LogP contribution is 2.30. The number of carboxylic acid groups (broad SMARTS) is 1. The Bertz CT molecular complexity index is 981. The van der Waals surface area contributed by atoms with E-state index in [1.807, 2.05) is 60.7 Å². The number of aliphatic carboxylic acids is 1. The van der Waals surface area contributed by atoms with Crippen molar-refractivity contribution in [1.29, 1.82) is 0 Å². The van der Waals surface area contributed by atoms with E-state index in [0.717, 1.165) is 24.0 Å². The maximum atomic E-state index is 11.4.